The molecule has 0 unspecified atom stereocenters. The van der Waals surface area contributed by atoms with Crippen LogP contribution in [0.25, 0.3) is 0 Å². The summed E-state index contributed by atoms with van der Waals surface area (Å²) in [6.07, 6.45) is 6.78. The van der Waals surface area contributed by atoms with Crippen LogP contribution in [0.1, 0.15) is 52.4 Å². The number of carbonyl (C=O) groups excluding carboxylic acids is 1. The van der Waals surface area contributed by atoms with Crippen molar-refractivity contribution in [2.45, 2.75) is 45.2 Å². The average Bonchev–Trinajstić information content (AvgIpc) is 3.01. The Morgan fingerprint density at radius 2 is 2.00 bits per heavy atom. The van der Waals surface area contributed by atoms with E-state index in [4.69, 9.17) is 16.3 Å². The number of hydrogen-bond donors (Lipinski definition) is 1. The Morgan fingerprint density at radius 3 is 2.53 bits per heavy atom. The first-order chi connectivity index (χ1) is 13.8. The molecule has 1 aromatic rings. The number of esters is 1. The van der Waals surface area contributed by atoms with E-state index in [0.29, 0.717) is 11.1 Å². The number of carbonyl (C=O) groups is 2. The zero-order valence-corrected chi connectivity index (χ0v) is 16.7. The molecule has 0 fully saturated rings. The van der Waals surface area contributed by atoms with Crippen molar-refractivity contribution < 1.29 is 45.2 Å². The fourth-order valence-electron chi connectivity index (χ4n) is 2.89. The standard InChI is InChI=1S/C19H17F3O7S/c1-4-12-11(3)14-9-28-18(25)16(14)17(29-30(26,27)19(20,21)22)13(12)7-5-10(2)6-8-15(23)24/h1,5H,6-9H2,2-3H3,(H,23,24)/b10-5+. The highest BCUT2D eigenvalue weighted by molar-refractivity contribution is 7.88. The van der Waals surface area contributed by atoms with E-state index in [0.717, 1.165) is 0 Å². The van der Waals surface area contributed by atoms with E-state index in [9.17, 15) is 31.2 Å². The number of carboxylic acid groups (broad SMARTS) is 1. The molecule has 0 saturated heterocycles. The van der Waals surface area contributed by atoms with E-state index >= 15 is 0 Å². The Morgan fingerprint density at radius 1 is 1.37 bits per heavy atom. The lowest BCUT2D eigenvalue weighted by Gasteiger charge is -2.18. The van der Waals surface area contributed by atoms with Crippen LogP contribution in [0.15, 0.2) is 11.6 Å². The smallest absolute Gasteiger partial charge is 0.481 e. The van der Waals surface area contributed by atoms with Crippen LogP contribution in [-0.4, -0.2) is 31.0 Å². The first-order valence-electron chi connectivity index (χ1n) is 8.50. The number of ether oxygens (including phenoxy) is 1. The van der Waals surface area contributed by atoms with Crippen LogP contribution in [-0.2, 0) is 32.7 Å². The van der Waals surface area contributed by atoms with Gasteiger partial charge in [0.05, 0.1) is 0 Å². The van der Waals surface area contributed by atoms with Gasteiger partial charge in [0.15, 0.2) is 5.75 Å². The summed E-state index contributed by atoms with van der Waals surface area (Å²) in [5.41, 5.74) is -5.10. The lowest BCUT2D eigenvalue weighted by atomic mass is 9.90. The summed E-state index contributed by atoms with van der Waals surface area (Å²) in [6.45, 7) is 2.84. The number of benzene rings is 1. The molecule has 1 heterocycles. The highest BCUT2D eigenvalue weighted by Crippen LogP contribution is 2.41. The summed E-state index contributed by atoms with van der Waals surface area (Å²) >= 11 is 0. The number of alkyl halides is 3. The van der Waals surface area contributed by atoms with Crippen molar-refractivity contribution in [2.24, 2.45) is 0 Å². The second-order valence-corrected chi connectivity index (χ2v) is 8.05. The van der Waals surface area contributed by atoms with Gasteiger partial charge in [-0.2, -0.15) is 21.6 Å². The zero-order valence-electron chi connectivity index (χ0n) is 15.9. The molecule has 1 aromatic carbocycles. The molecule has 0 bridgehead atoms. The molecule has 0 amide bonds. The minimum atomic E-state index is -6.09. The maximum atomic E-state index is 12.9. The molecule has 1 N–H and O–H groups in total. The third-order valence-electron chi connectivity index (χ3n) is 4.49. The van der Waals surface area contributed by atoms with Gasteiger partial charge < -0.3 is 14.0 Å². The SMILES string of the molecule is C#Cc1c(C)c2c(c(OS(=O)(=O)C(F)(F)F)c1C/C=C(\C)CCC(=O)O)C(=O)OC2. The van der Waals surface area contributed by atoms with E-state index < -0.39 is 38.9 Å². The van der Waals surface area contributed by atoms with Crippen molar-refractivity contribution in [1.29, 1.82) is 0 Å². The highest BCUT2D eigenvalue weighted by Gasteiger charge is 2.50. The third kappa shape index (κ3) is 4.59. The number of rotatable bonds is 7. The van der Waals surface area contributed by atoms with Gasteiger partial charge in [-0.15, -0.1) is 6.42 Å². The van der Waals surface area contributed by atoms with Crippen molar-refractivity contribution in [3.05, 3.63) is 39.5 Å². The Balaban J connectivity index is 2.67. The van der Waals surface area contributed by atoms with Gasteiger partial charge in [-0.05, 0) is 32.3 Å². The number of hydrogen-bond acceptors (Lipinski definition) is 6. The molecule has 0 atom stereocenters. The molecule has 7 nitrogen and oxygen atoms in total. The van der Waals surface area contributed by atoms with Gasteiger partial charge in [-0.1, -0.05) is 17.6 Å². The molecule has 11 heteroatoms. The minimum Gasteiger partial charge on any atom is -0.481 e. The molecule has 0 spiro atoms. The van der Waals surface area contributed by atoms with E-state index in [2.05, 4.69) is 10.1 Å². The predicted octanol–water partition coefficient (Wildman–Crippen LogP) is 3.23. The number of aliphatic carboxylic acids is 1. The highest BCUT2D eigenvalue weighted by atomic mass is 32.2. The van der Waals surface area contributed by atoms with Gasteiger partial charge in [0, 0.05) is 23.1 Å². The molecule has 0 saturated carbocycles. The Kier molecular flexibility index (Phi) is 6.51. The summed E-state index contributed by atoms with van der Waals surface area (Å²) in [7, 11) is -6.09. The van der Waals surface area contributed by atoms with Crippen molar-refractivity contribution in [1.82, 2.24) is 0 Å². The van der Waals surface area contributed by atoms with Crippen LogP contribution in [0.4, 0.5) is 13.2 Å². The summed E-state index contributed by atoms with van der Waals surface area (Å²) < 4.78 is 71.3. The van der Waals surface area contributed by atoms with E-state index in [1.165, 1.54) is 13.0 Å². The number of halogens is 3. The van der Waals surface area contributed by atoms with Crippen molar-refractivity contribution >= 4 is 22.1 Å². The number of carboxylic acids is 1. The van der Waals surface area contributed by atoms with Gasteiger partial charge in [-0.3, -0.25) is 4.79 Å². The normalized spacial score (nSPS) is 14.1. The van der Waals surface area contributed by atoms with Crippen molar-refractivity contribution in [2.75, 3.05) is 0 Å². The van der Waals surface area contributed by atoms with Gasteiger partial charge in [-0.25, -0.2) is 4.79 Å². The van der Waals surface area contributed by atoms with Crippen molar-refractivity contribution in [3.8, 4) is 18.1 Å². The summed E-state index contributed by atoms with van der Waals surface area (Å²) in [6, 6.07) is 0. The summed E-state index contributed by atoms with van der Waals surface area (Å²) in [4.78, 5) is 22.8. The first kappa shape index (κ1) is 23.3. The molecule has 0 aliphatic carbocycles. The van der Waals surface area contributed by atoms with E-state index in [1.807, 2.05) is 0 Å². The zero-order chi connectivity index (χ0) is 22.9. The molecule has 0 radical (unpaired) electrons. The van der Waals surface area contributed by atoms with Crippen LogP contribution in [0.5, 0.6) is 5.75 Å². The Hall–Kier alpha value is -3.00. The monoisotopic (exact) mass is 446 g/mol. The topological polar surface area (TPSA) is 107 Å². The Bertz CT molecular complexity index is 1080. The number of cyclic esters (lactones) is 1. The second-order valence-electron chi connectivity index (χ2n) is 6.51. The fourth-order valence-corrected chi connectivity index (χ4v) is 3.39. The molecule has 30 heavy (non-hydrogen) atoms. The van der Waals surface area contributed by atoms with Gasteiger partial charge in [0.2, 0.25) is 0 Å². The van der Waals surface area contributed by atoms with Gasteiger partial charge in [0.1, 0.15) is 12.2 Å². The number of terminal acetylenes is 1. The number of allylic oxidation sites excluding steroid dienone is 2. The third-order valence-corrected chi connectivity index (χ3v) is 5.45. The quantitative estimate of drug-likeness (QED) is 0.225. The van der Waals surface area contributed by atoms with E-state index in [-0.39, 0.29) is 42.6 Å². The minimum absolute atomic E-state index is 0.0710. The lowest BCUT2D eigenvalue weighted by molar-refractivity contribution is -0.136. The van der Waals surface area contributed by atoms with Crippen LogP contribution in [0.2, 0.25) is 0 Å². The van der Waals surface area contributed by atoms with Crippen LogP contribution < -0.4 is 4.18 Å². The molecule has 1 aliphatic rings. The molecule has 2 rings (SSSR count). The maximum Gasteiger partial charge on any atom is 0.534 e. The average molecular weight is 446 g/mol. The summed E-state index contributed by atoms with van der Waals surface area (Å²) in [5, 5.41) is 8.75. The van der Waals surface area contributed by atoms with Crippen molar-refractivity contribution in [3.63, 3.8) is 0 Å². The molecular formula is C19H17F3O7S. The second kappa shape index (κ2) is 8.39. The van der Waals surface area contributed by atoms with Crippen LogP contribution in [0, 0.1) is 19.3 Å². The molecule has 162 valence electrons. The maximum absolute atomic E-state index is 12.9. The Labute approximate surface area is 170 Å². The molecular weight excluding hydrogens is 429 g/mol. The predicted molar refractivity (Wildman–Crippen MR) is 98.2 cm³/mol. The molecule has 0 aromatic heterocycles. The van der Waals surface area contributed by atoms with Gasteiger partial charge >= 0.3 is 27.6 Å². The lowest BCUT2D eigenvalue weighted by Crippen LogP contribution is -2.29. The largest absolute Gasteiger partial charge is 0.534 e. The van der Waals surface area contributed by atoms with Crippen LogP contribution >= 0.6 is 0 Å². The van der Waals surface area contributed by atoms with Gasteiger partial charge in [0.25, 0.3) is 0 Å². The summed E-state index contributed by atoms with van der Waals surface area (Å²) in [5.74, 6) is -0.596. The fraction of sp³-hybridized carbons (Fsp3) is 0.368. The first-order valence-corrected chi connectivity index (χ1v) is 9.91. The number of fused-ring (bicyclic) bond motifs is 1. The van der Waals surface area contributed by atoms with E-state index in [1.54, 1.807) is 6.92 Å². The van der Waals surface area contributed by atoms with Crippen LogP contribution in [0.3, 0.4) is 0 Å². The molecule has 1 aliphatic heterocycles.